The van der Waals surface area contributed by atoms with Crippen LogP contribution in [0, 0.1) is 10.1 Å². The molecule has 0 aliphatic carbocycles. The summed E-state index contributed by atoms with van der Waals surface area (Å²) in [4.78, 5) is 25.8. The minimum Gasteiger partial charge on any atom is -0.490 e. The standard InChI is InChI=1S/C12H10N2O5S2/c1-19-8-3-2-4-9(11(8)14(17)18)21-12-13-7(6-20-12)5-10(15)16/h2-4,6H,5H2,1H3,(H,15,16). The molecule has 0 saturated heterocycles. The van der Waals surface area contributed by atoms with E-state index in [0.29, 0.717) is 14.9 Å². The molecular formula is C12H10N2O5S2. The van der Waals surface area contributed by atoms with E-state index in [4.69, 9.17) is 9.84 Å². The lowest BCUT2D eigenvalue weighted by molar-refractivity contribution is -0.388. The topological polar surface area (TPSA) is 103 Å². The maximum atomic E-state index is 11.2. The number of carboxylic acids is 1. The first-order chi connectivity index (χ1) is 10.0. The van der Waals surface area contributed by atoms with Gasteiger partial charge in [-0.1, -0.05) is 17.8 Å². The number of para-hydroxylation sites is 1. The summed E-state index contributed by atoms with van der Waals surface area (Å²) in [5.74, 6) is -0.795. The third kappa shape index (κ3) is 3.70. The number of ether oxygens (including phenoxy) is 1. The van der Waals surface area contributed by atoms with Gasteiger partial charge in [0.15, 0.2) is 10.1 Å². The Labute approximate surface area is 127 Å². The summed E-state index contributed by atoms with van der Waals surface area (Å²) >= 11 is 2.36. The number of hydrogen-bond acceptors (Lipinski definition) is 7. The fraction of sp³-hybridized carbons (Fsp3) is 0.167. The van der Waals surface area contributed by atoms with Crippen LogP contribution in [0.15, 0.2) is 32.8 Å². The molecule has 0 saturated carbocycles. The molecule has 0 bridgehead atoms. The molecule has 21 heavy (non-hydrogen) atoms. The van der Waals surface area contributed by atoms with E-state index in [0.717, 1.165) is 11.8 Å². The highest BCUT2D eigenvalue weighted by atomic mass is 32.2. The summed E-state index contributed by atoms with van der Waals surface area (Å²) in [5.41, 5.74) is 0.306. The van der Waals surface area contributed by atoms with Gasteiger partial charge in [-0.25, -0.2) is 4.98 Å². The lowest BCUT2D eigenvalue weighted by atomic mass is 10.3. The van der Waals surface area contributed by atoms with Gasteiger partial charge in [0.1, 0.15) is 0 Å². The molecule has 0 aliphatic rings. The van der Waals surface area contributed by atoms with Crippen LogP contribution in [0.2, 0.25) is 0 Å². The number of carboxylic acid groups (broad SMARTS) is 1. The van der Waals surface area contributed by atoms with Crippen molar-refractivity contribution in [2.75, 3.05) is 7.11 Å². The number of rotatable bonds is 6. The second-order valence-corrected chi connectivity index (χ2v) is 5.99. The van der Waals surface area contributed by atoms with Crippen LogP contribution >= 0.6 is 23.1 Å². The number of nitro groups is 1. The van der Waals surface area contributed by atoms with Crippen molar-refractivity contribution in [3.05, 3.63) is 39.4 Å². The van der Waals surface area contributed by atoms with E-state index in [1.54, 1.807) is 17.5 Å². The molecule has 0 radical (unpaired) electrons. The largest absolute Gasteiger partial charge is 0.490 e. The predicted molar refractivity (Wildman–Crippen MR) is 77.2 cm³/mol. The van der Waals surface area contributed by atoms with Crippen LogP contribution in [-0.4, -0.2) is 28.1 Å². The highest BCUT2D eigenvalue weighted by Crippen LogP contribution is 2.41. The van der Waals surface area contributed by atoms with Gasteiger partial charge in [0.2, 0.25) is 0 Å². The van der Waals surface area contributed by atoms with Gasteiger partial charge in [-0.3, -0.25) is 14.9 Å². The number of thiazole rings is 1. The number of benzene rings is 1. The van der Waals surface area contributed by atoms with Crippen LogP contribution in [0.5, 0.6) is 5.75 Å². The van der Waals surface area contributed by atoms with E-state index in [-0.39, 0.29) is 17.9 Å². The fourth-order valence-electron chi connectivity index (χ4n) is 1.59. The molecule has 0 fully saturated rings. The number of carbonyl (C=O) groups is 1. The number of hydrogen-bond donors (Lipinski definition) is 1. The molecule has 110 valence electrons. The van der Waals surface area contributed by atoms with Crippen LogP contribution in [-0.2, 0) is 11.2 Å². The van der Waals surface area contributed by atoms with Gasteiger partial charge in [-0.2, -0.15) is 0 Å². The lowest BCUT2D eigenvalue weighted by Crippen LogP contribution is -1.99. The molecule has 2 rings (SSSR count). The zero-order chi connectivity index (χ0) is 15.4. The highest BCUT2D eigenvalue weighted by molar-refractivity contribution is 8.01. The van der Waals surface area contributed by atoms with Gasteiger partial charge in [0.05, 0.1) is 29.0 Å². The molecule has 0 atom stereocenters. The van der Waals surface area contributed by atoms with Crippen molar-refractivity contribution in [2.45, 2.75) is 15.7 Å². The van der Waals surface area contributed by atoms with Crippen molar-refractivity contribution in [2.24, 2.45) is 0 Å². The Balaban J connectivity index is 2.29. The molecule has 0 unspecified atom stereocenters. The summed E-state index contributed by atoms with van der Waals surface area (Å²) < 4.78 is 5.54. The molecule has 2 aromatic rings. The van der Waals surface area contributed by atoms with E-state index in [2.05, 4.69) is 4.98 Å². The summed E-state index contributed by atoms with van der Waals surface area (Å²) in [6, 6.07) is 4.77. The minimum atomic E-state index is -0.968. The molecule has 1 aromatic carbocycles. The molecular weight excluding hydrogens is 316 g/mol. The van der Waals surface area contributed by atoms with E-state index >= 15 is 0 Å². The molecule has 0 amide bonds. The van der Waals surface area contributed by atoms with Crippen molar-refractivity contribution < 1.29 is 19.6 Å². The summed E-state index contributed by atoms with van der Waals surface area (Å²) in [5, 5.41) is 21.5. The second-order valence-electron chi connectivity index (χ2n) is 3.84. The molecule has 1 aromatic heterocycles. The SMILES string of the molecule is COc1cccc(Sc2nc(CC(=O)O)cs2)c1[N+](=O)[O-]. The fourth-order valence-corrected chi connectivity index (χ4v) is 3.51. The van der Waals surface area contributed by atoms with Crippen molar-refractivity contribution in [1.82, 2.24) is 4.98 Å². The maximum absolute atomic E-state index is 11.2. The Hall–Kier alpha value is -2.13. The van der Waals surface area contributed by atoms with Crippen LogP contribution < -0.4 is 4.74 Å². The van der Waals surface area contributed by atoms with E-state index in [9.17, 15) is 14.9 Å². The van der Waals surface area contributed by atoms with Crippen molar-refractivity contribution in [1.29, 1.82) is 0 Å². The summed E-state index contributed by atoms with van der Waals surface area (Å²) in [7, 11) is 1.37. The van der Waals surface area contributed by atoms with E-state index in [1.165, 1.54) is 24.5 Å². The monoisotopic (exact) mass is 326 g/mol. The van der Waals surface area contributed by atoms with Crippen LogP contribution in [0.4, 0.5) is 5.69 Å². The third-order valence-corrected chi connectivity index (χ3v) is 4.46. The first-order valence-corrected chi connectivity index (χ1v) is 7.36. The number of nitro benzene ring substituents is 1. The van der Waals surface area contributed by atoms with Crippen molar-refractivity contribution in [3.8, 4) is 5.75 Å². The molecule has 7 nitrogen and oxygen atoms in total. The van der Waals surface area contributed by atoms with Crippen molar-refractivity contribution >= 4 is 34.8 Å². The van der Waals surface area contributed by atoms with Gasteiger partial charge in [-0.15, -0.1) is 11.3 Å². The number of aliphatic carboxylic acids is 1. The van der Waals surface area contributed by atoms with E-state index in [1.807, 2.05) is 0 Å². The van der Waals surface area contributed by atoms with Gasteiger partial charge in [0.25, 0.3) is 0 Å². The Morgan fingerprint density at radius 2 is 2.33 bits per heavy atom. The quantitative estimate of drug-likeness (QED) is 0.643. The Bertz CT molecular complexity index is 686. The predicted octanol–water partition coefficient (Wildman–Crippen LogP) is 2.84. The van der Waals surface area contributed by atoms with Crippen LogP contribution in [0.1, 0.15) is 5.69 Å². The van der Waals surface area contributed by atoms with Gasteiger partial charge in [-0.05, 0) is 12.1 Å². The average Bonchev–Trinajstić information content (AvgIpc) is 2.84. The van der Waals surface area contributed by atoms with E-state index < -0.39 is 10.9 Å². The molecule has 1 N–H and O–H groups in total. The summed E-state index contributed by atoms with van der Waals surface area (Å²) in [6.45, 7) is 0. The van der Waals surface area contributed by atoms with Crippen LogP contribution in [0.3, 0.4) is 0 Å². The Kier molecular flexibility index (Phi) is 4.76. The molecule has 9 heteroatoms. The highest BCUT2D eigenvalue weighted by Gasteiger charge is 2.22. The third-order valence-electron chi connectivity index (χ3n) is 2.42. The number of aromatic nitrogens is 1. The summed E-state index contributed by atoms with van der Waals surface area (Å²) in [6.07, 6.45) is -0.169. The van der Waals surface area contributed by atoms with Gasteiger partial charge in [0, 0.05) is 5.38 Å². The second kappa shape index (κ2) is 6.55. The first-order valence-electron chi connectivity index (χ1n) is 5.66. The number of methoxy groups -OCH3 is 1. The van der Waals surface area contributed by atoms with Gasteiger partial charge < -0.3 is 9.84 Å². The normalized spacial score (nSPS) is 10.3. The Morgan fingerprint density at radius 1 is 1.57 bits per heavy atom. The number of nitrogens with zero attached hydrogens (tertiary/aromatic N) is 2. The molecule has 0 aliphatic heterocycles. The zero-order valence-corrected chi connectivity index (χ0v) is 12.4. The first kappa shape index (κ1) is 15.3. The minimum absolute atomic E-state index is 0.125. The Morgan fingerprint density at radius 3 is 2.95 bits per heavy atom. The maximum Gasteiger partial charge on any atom is 0.324 e. The lowest BCUT2D eigenvalue weighted by Gasteiger charge is -2.04. The van der Waals surface area contributed by atoms with Gasteiger partial charge >= 0.3 is 11.7 Å². The zero-order valence-electron chi connectivity index (χ0n) is 10.8. The smallest absolute Gasteiger partial charge is 0.324 e. The molecule has 1 heterocycles. The molecule has 0 spiro atoms. The van der Waals surface area contributed by atoms with Crippen LogP contribution in [0.25, 0.3) is 0 Å². The average molecular weight is 326 g/mol. The van der Waals surface area contributed by atoms with Crippen molar-refractivity contribution in [3.63, 3.8) is 0 Å².